The molecule has 3 aromatic carbocycles. The molecule has 1 atom stereocenters. The van der Waals surface area contributed by atoms with E-state index in [9.17, 15) is 9.59 Å². The van der Waals surface area contributed by atoms with Crippen molar-refractivity contribution < 1.29 is 23.8 Å². The number of amides is 1. The maximum Gasteiger partial charge on any atom is 0.309 e. The van der Waals surface area contributed by atoms with Gasteiger partial charge in [0.05, 0.1) is 37.1 Å². The number of anilines is 1. The van der Waals surface area contributed by atoms with Crippen LogP contribution in [-0.4, -0.2) is 61.9 Å². The minimum atomic E-state index is -0.593. The second-order valence-corrected chi connectivity index (χ2v) is 10.8. The summed E-state index contributed by atoms with van der Waals surface area (Å²) in [6.45, 7) is 9.90. The molecule has 8 nitrogen and oxygen atoms in total. The van der Waals surface area contributed by atoms with E-state index in [0.717, 1.165) is 55.7 Å². The van der Waals surface area contributed by atoms with Crippen molar-refractivity contribution in [3.63, 3.8) is 0 Å². The molecule has 0 saturated carbocycles. The third-order valence-electron chi connectivity index (χ3n) is 8.00. The number of carbonyl (C=O) groups is 2. The van der Waals surface area contributed by atoms with Crippen LogP contribution >= 0.6 is 0 Å². The molecule has 0 spiro atoms. The summed E-state index contributed by atoms with van der Waals surface area (Å²) < 4.78 is 16.9. The Hall–Kier alpha value is -4.17. The first-order valence-corrected chi connectivity index (χ1v) is 15.4. The lowest BCUT2D eigenvalue weighted by atomic mass is 9.90. The van der Waals surface area contributed by atoms with Gasteiger partial charge in [0.2, 0.25) is 5.91 Å². The average molecular weight is 584 g/mol. The number of likely N-dealkylation sites (tertiary alicyclic amines) is 1. The monoisotopic (exact) mass is 583 g/mol. The van der Waals surface area contributed by atoms with E-state index >= 15 is 0 Å². The fourth-order valence-electron chi connectivity index (χ4n) is 5.80. The molecule has 5 rings (SSSR count). The molecular weight excluding hydrogens is 542 g/mol. The smallest absolute Gasteiger partial charge is 0.309 e. The highest BCUT2D eigenvalue weighted by Gasteiger charge is 2.37. The van der Waals surface area contributed by atoms with Crippen molar-refractivity contribution >= 4 is 29.0 Å². The summed E-state index contributed by atoms with van der Waals surface area (Å²) in [4.78, 5) is 33.0. The maximum atomic E-state index is 13.5. The summed E-state index contributed by atoms with van der Waals surface area (Å²) in [5.41, 5.74) is 5.12. The van der Waals surface area contributed by atoms with Crippen molar-refractivity contribution in [3.05, 3.63) is 83.4 Å². The number of carbonyl (C=O) groups excluding carboxylic acids is 2. The molecule has 3 aromatic rings. The Morgan fingerprint density at radius 1 is 0.907 bits per heavy atom. The normalized spacial score (nSPS) is 17.3. The topological polar surface area (TPSA) is 89.5 Å². The molecule has 0 aliphatic carbocycles. The molecule has 2 heterocycles. The lowest BCUT2D eigenvalue weighted by Gasteiger charge is -2.30. The molecule has 1 unspecified atom stereocenters. The standard InChI is InChI=1S/C35H41N3O5/c1-4-41-30-22-28-29(23-31(30)42-5-2)37-34(39)32(28)33(25-10-8-7-9-11-25)36-27-14-12-24(13-15-27)16-19-38-20-17-26(18-21-38)35(40)43-6-3/h7-15,22-23,26,32H,4-6,16-21H2,1-3H3,(H,37,39). The molecule has 0 radical (unpaired) electrons. The molecule has 1 N–H and O–H groups in total. The van der Waals surface area contributed by atoms with Gasteiger partial charge in [-0.3, -0.25) is 14.6 Å². The zero-order valence-electron chi connectivity index (χ0n) is 25.3. The maximum absolute atomic E-state index is 13.5. The summed E-state index contributed by atoms with van der Waals surface area (Å²) in [5.74, 6) is 0.476. The summed E-state index contributed by atoms with van der Waals surface area (Å²) in [6, 6.07) is 21.9. The minimum absolute atomic E-state index is 0.0264. The molecule has 43 heavy (non-hydrogen) atoms. The van der Waals surface area contributed by atoms with Gasteiger partial charge in [0.15, 0.2) is 11.5 Å². The SMILES string of the molecule is CCOC(=O)C1CCN(CCc2ccc(N=C(c3ccccc3)C3C(=O)Nc4cc(OCC)c(OCC)cc43)cc2)CC1. The van der Waals surface area contributed by atoms with Gasteiger partial charge >= 0.3 is 5.97 Å². The van der Waals surface area contributed by atoms with E-state index in [1.165, 1.54) is 5.56 Å². The Bertz CT molecular complexity index is 1430. The van der Waals surface area contributed by atoms with Gasteiger partial charge in [-0.2, -0.15) is 0 Å². The van der Waals surface area contributed by atoms with E-state index < -0.39 is 5.92 Å². The van der Waals surface area contributed by atoms with Gasteiger partial charge < -0.3 is 24.4 Å². The van der Waals surface area contributed by atoms with Gasteiger partial charge in [0.25, 0.3) is 0 Å². The number of esters is 1. The van der Waals surface area contributed by atoms with Crippen LogP contribution in [0, 0.1) is 5.92 Å². The van der Waals surface area contributed by atoms with E-state index in [4.69, 9.17) is 19.2 Å². The Balaban J connectivity index is 1.34. The van der Waals surface area contributed by atoms with Gasteiger partial charge in [-0.1, -0.05) is 42.5 Å². The molecule has 1 amide bonds. The average Bonchev–Trinajstić information content (AvgIpc) is 3.34. The number of nitrogens with one attached hydrogen (secondary N) is 1. The number of rotatable bonds is 12. The predicted octanol–water partition coefficient (Wildman–Crippen LogP) is 6.16. The van der Waals surface area contributed by atoms with E-state index in [1.54, 1.807) is 0 Å². The second kappa shape index (κ2) is 14.3. The van der Waals surface area contributed by atoms with Crippen LogP contribution in [0.5, 0.6) is 11.5 Å². The van der Waals surface area contributed by atoms with Crippen LogP contribution in [0.25, 0.3) is 0 Å². The van der Waals surface area contributed by atoms with Crippen LogP contribution in [-0.2, 0) is 20.7 Å². The Labute approximate surface area is 254 Å². The van der Waals surface area contributed by atoms with Crippen LogP contribution < -0.4 is 14.8 Å². The molecule has 0 aromatic heterocycles. The van der Waals surface area contributed by atoms with Gasteiger partial charge in [-0.05, 0) is 88.0 Å². The van der Waals surface area contributed by atoms with Crippen molar-refractivity contribution in [3.8, 4) is 11.5 Å². The molecule has 2 aliphatic rings. The second-order valence-electron chi connectivity index (χ2n) is 10.8. The molecule has 0 bridgehead atoms. The van der Waals surface area contributed by atoms with Crippen LogP contribution in [0.3, 0.4) is 0 Å². The number of nitrogens with zero attached hydrogens (tertiary/aromatic N) is 2. The van der Waals surface area contributed by atoms with Crippen LogP contribution in [0.2, 0.25) is 0 Å². The zero-order valence-corrected chi connectivity index (χ0v) is 25.3. The third kappa shape index (κ3) is 7.25. The Kier molecular flexibility index (Phi) is 10.1. The quantitative estimate of drug-likeness (QED) is 0.203. The number of fused-ring (bicyclic) bond motifs is 1. The van der Waals surface area contributed by atoms with Crippen molar-refractivity contribution in [1.82, 2.24) is 4.90 Å². The number of hydrogen-bond donors (Lipinski definition) is 1. The number of ether oxygens (including phenoxy) is 3. The highest BCUT2D eigenvalue weighted by molar-refractivity contribution is 6.24. The molecular formula is C35H41N3O5. The van der Waals surface area contributed by atoms with Crippen molar-refractivity contribution in [2.75, 3.05) is 44.8 Å². The minimum Gasteiger partial charge on any atom is -0.490 e. The number of benzene rings is 3. The van der Waals surface area contributed by atoms with Crippen LogP contribution in [0.4, 0.5) is 11.4 Å². The third-order valence-corrected chi connectivity index (χ3v) is 8.00. The van der Waals surface area contributed by atoms with Gasteiger partial charge in [-0.25, -0.2) is 0 Å². The first-order chi connectivity index (χ1) is 21.0. The molecule has 8 heteroatoms. The largest absolute Gasteiger partial charge is 0.490 e. The van der Waals surface area contributed by atoms with Crippen LogP contribution in [0.1, 0.15) is 56.2 Å². The fourth-order valence-corrected chi connectivity index (χ4v) is 5.80. The first kappa shape index (κ1) is 30.3. The number of piperidine rings is 1. The lowest BCUT2D eigenvalue weighted by molar-refractivity contribution is -0.149. The Morgan fingerprint density at radius 3 is 2.23 bits per heavy atom. The van der Waals surface area contributed by atoms with E-state index in [2.05, 4.69) is 22.3 Å². The molecule has 2 aliphatic heterocycles. The van der Waals surface area contributed by atoms with E-state index in [1.807, 2.05) is 75.4 Å². The summed E-state index contributed by atoms with van der Waals surface area (Å²) in [5, 5.41) is 3.04. The predicted molar refractivity (Wildman–Crippen MR) is 169 cm³/mol. The lowest BCUT2D eigenvalue weighted by Crippen LogP contribution is -2.38. The molecule has 226 valence electrons. The number of aliphatic imine (C=N–C) groups is 1. The molecule has 1 saturated heterocycles. The highest BCUT2D eigenvalue weighted by atomic mass is 16.5. The highest BCUT2D eigenvalue weighted by Crippen LogP contribution is 2.43. The van der Waals surface area contributed by atoms with Gasteiger partial charge in [0.1, 0.15) is 5.92 Å². The fraction of sp³-hybridized carbons (Fsp3) is 0.400. The zero-order chi connectivity index (χ0) is 30.2. The van der Waals surface area contributed by atoms with Crippen LogP contribution in [0.15, 0.2) is 71.7 Å². The Morgan fingerprint density at radius 2 is 1.58 bits per heavy atom. The van der Waals surface area contributed by atoms with Crippen molar-refractivity contribution in [2.24, 2.45) is 10.9 Å². The summed E-state index contributed by atoms with van der Waals surface area (Å²) in [7, 11) is 0. The van der Waals surface area contributed by atoms with E-state index in [-0.39, 0.29) is 17.8 Å². The summed E-state index contributed by atoms with van der Waals surface area (Å²) >= 11 is 0. The van der Waals surface area contributed by atoms with Crippen molar-refractivity contribution in [1.29, 1.82) is 0 Å². The van der Waals surface area contributed by atoms with Gasteiger partial charge in [-0.15, -0.1) is 0 Å². The number of hydrogen-bond acceptors (Lipinski definition) is 7. The summed E-state index contributed by atoms with van der Waals surface area (Å²) in [6.07, 6.45) is 2.62. The molecule has 1 fully saturated rings. The first-order valence-electron chi connectivity index (χ1n) is 15.4. The van der Waals surface area contributed by atoms with Crippen molar-refractivity contribution in [2.45, 2.75) is 46.0 Å². The van der Waals surface area contributed by atoms with E-state index in [0.29, 0.717) is 42.7 Å². The van der Waals surface area contributed by atoms with Gasteiger partial charge in [0, 0.05) is 18.3 Å².